The lowest BCUT2D eigenvalue weighted by molar-refractivity contribution is -0.144. The van der Waals surface area contributed by atoms with Gasteiger partial charge in [0, 0.05) is 39.4 Å². The number of amides is 1. The van der Waals surface area contributed by atoms with E-state index in [1.807, 2.05) is 4.90 Å². The van der Waals surface area contributed by atoms with E-state index in [2.05, 4.69) is 11.8 Å². The molecule has 5 nitrogen and oxygen atoms in total. The summed E-state index contributed by atoms with van der Waals surface area (Å²) in [6.45, 7) is 7.89. The maximum Gasteiger partial charge on any atom is 0.235 e. The van der Waals surface area contributed by atoms with Crippen molar-refractivity contribution in [1.29, 1.82) is 0 Å². The minimum Gasteiger partial charge on any atom is -0.392 e. The summed E-state index contributed by atoms with van der Waals surface area (Å²) in [4.78, 5) is 17.5. The summed E-state index contributed by atoms with van der Waals surface area (Å²) in [5.74, 6) is 0.115. The fourth-order valence-electron chi connectivity index (χ4n) is 3.08. The first-order valence-electron chi connectivity index (χ1n) is 7.49. The number of rotatable bonds is 4. The van der Waals surface area contributed by atoms with Gasteiger partial charge in [-0.1, -0.05) is 19.1 Å². The number of thiocarbonyl (C=S) groups is 1. The number of hydrogen-bond donors (Lipinski definition) is 1. The van der Waals surface area contributed by atoms with Gasteiger partial charge in [-0.05, 0) is 25.8 Å². The molecule has 2 aliphatic heterocycles. The molecule has 1 amide bonds. The van der Waals surface area contributed by atoms with Crippen LogP contribution in [0.1, 0.15) is 26.2 Å². The van der Waals surface area contributed by atoms with Gasteiger partial charge in [-0.15, -0.1) is 0 Å². The van der Waals surface area contributed by atoms with Gasteiger partial charge in [0.15, 0.2) is 0 Å². The smallest absolute Gasteiger partial charge is 0.235 e. The highest BCUT2D eigenvalue weighted by Crippen LogP contribution is 2.33. The van der Waals surface area contributed by atoms with Crippen molar-refractivity contribution in [3.8, 4) is 0 Å². The monoisotopic (exact) mass is 299 g/mol. The highest BCUT2D eigenvalue weighted by atomic mass is 32.1. The zero-order valence-corrected chi connectivity index (χ0v) is 13.1. The van der Waals surface area contributed by atoms with Crippen molar-refractivity contribution in [2.75, 3.05) is 45.9 Å². The molecular formula is C14H25N3O2S. The number of nitrogens with two attached hydrogens (primary N) is 1. The Balaban J connectivity index is 2.00. The molecule has 2 saturated heterocycles. The molecule has 2 heterocycles. The average molecular weight is 299 g/mol. The molecule has 20 heavy (non-hydrogen) atoms. The standard InChI is InChI=1S/C14H25N3O2S/c1-2-5-16-6-8-17(9-7-16)13(18)14(12(15)20)3-10-19-11-4-14/h2-11H2,1H3,(H2,15,20). The molecule has 2 fully saturated rings. The van der Waals surface area contributed by atoms with Crippen molar-refractivity contribution >= 4 is 23.1 Å². The second kappa shape index (κ2) is 6.83. The Bertz CT molecular complexity index is 361. The first kappa shape index (κ1) is 15.7. The Morgan fingerprint density at radius 2 is 1.85 bits per heavy atom. The lowest BCUT2D eigenvalue weighted by Crippen LogP contribution is -2.57. The number of nitrogens with zero attached hydrogens (tertiary/aromatic N) is 2. The van der Waals surface area contributed by atoms with Crippen molar-refractivity contribution in [3.05, 3.63) is 0 Å². The quantitative estimate of drug-likeness (QED) is 0.771. The van der Waals surface area contributed by atoms with Crippen molar-refractivity contribution in [2.45, 2.75) is 26.2 Å². The average Bonchev–Trinajstić information content (AvgIpc) is 2.48. The van der Waals surface area contributed by atoms with Gasteiger partial charge in [-0.3, -0.25) is 9.69 Å². The predicted octanol–water partition coefficient (Wildman–Crippen LogP) is 0.624. The van der Waals surface area contributed by atoms with Gasteiger partial charge in [0.2, 0.25) is 5.91 Å². The van der Waals surface area contributed by atoms with Crippen LogP contribution in [-0.4, -0.2) is 66.6 Å². The van der Waals surface area contributed by atoms with Crippen molar-refractivity contribution in [1.82, 2.24) is 9.80 Å². The third-order valence-electron chi connectivity index (χ3n) is 4.43. The van der Waals surface area contributed by atoms with E-state index in [4.69, 9.17) is 22.7 Å². The van der Waals surface area contributed by atoms with Gasteiger partial charge >= 0.3 is 0 Å². The van der Waals surface area contributed by atoms with Gasteiger partial charge < -0.3 is 15.4 Å². The topological polar surface area (TPSA) is 58.8 Å². The summed E-state index contributed by atoms with van der Waals surface area (Å²) in [5.41, 5.74) is 5.24. The van der Waals surface area contributed by atoms with Gasteiger partial charge in [0.25, 0.3) is 0 Å². The van der Waals surface area contributed by atoms with Gasteiger partial charge in [-0.2, -0.15) is 0 Å². The largest absolute Gasteiger partial charge is 0.392 e. The third kappa shape index (κ3) is 3.13. The van der Waals surface area contributed by atoms with E-state index in [0.717, 1.165) is 39.1 Å². The zero-order valence-electron chi connectivity index (χ0n) is 12.3. The van der Waals surface area contributed by atoms with Crippen LogP contribution < -0.4 is 5.73 Å². The van der Waals surface area contributed by atoms with Crippen LogP contribution in [0.3, 0.4) is 0 Å². The van der Waals surface area contributed by atoms with Crippen molar-refractivity contribution in [2.24, 2.45) is 11.1 Å². The lowest BCUT2D eigenvalue weighted by atomic mass is 9.78. The Labute approximate surface area is 126 Å². The Kier molecular flexibility index (Phi) is 5.35. The van der Waals surface area contributed by atoms with E-state index in [1.54, 1.807) is 0 Å². The molecule has 0 atom stereocenters. The second-order valence-corrected chi connectivity index (χ2v) is 6.13. The number of carbonyl (C=O) groups is 1. The van der Waals surface area contributed by atoms with Gasteiger partial charge in [0.05, 0.1) is 4.99 Å². The Morgan fingerprint density at radius 3 is 2.35 bits per heavy atom. The normalized spacial score (nSPS) is 23.6. The second-order valence-electron chi connectivity index (χ2n) is 5.69. The number of ether oxygens (including phenoxy) is 1. The van der Waals surface area contributed by atoms with Crippen LogP contribution in [-0.2, 0) is 9.53 Å². The van der Waals surface area contributed by atoms with Crippen LogP contribution >= 0.6 is 12.2 Å². The van der Waals surface area contributed by atoms with E-state index in [1.165, 1.54) is 0 Å². The van der Waals surface area contributed by atoms with Crippen LogP contribution in [0.4, 0.5) is 0 Å². The molecular weight excluding hydrogens is 274 g/mol. The molecule has 0 aromatic rings. The molecule has 0 aliphatic carbocycles. The first-order chi connectivity index (χ1) is 9.60. The molecule has 0 aromatic carbocycles. The summed E-state index contributed by atoms with van der Waals surface area (Å²) < 4.78 is 5.37. The highest BCUT2D eigenvalue weighted by Gasteiger charge is 2.45. The maximum atomic E-state index is 12.9. The Hall–Kier alpha value is -0.720. The molecule has 0 unspecified atom stereocenters. The van der Waals surface area contributed by atoms with E-state index in [-0.39, 0.29) is 5.91 Å². The van der Waals surface area contributed by atoms with Crippen LogP contribution in [0, 0.1) is 5.41 Å². The molecule has 2 rings (SSSR count). The summed E-state index contributed by atoms with van der Waals surface area (Å²) >= 11 is 5.20. The first-order valence-corrected chi connectivity index (χ1v) is 7.90. The SMILES string of the molecule is CCCN1CCN(C(=O)C2(C(N)=S)CCOCC2)CC1. The fourth-order valence-corrected chi connectivity index (χ4v) is 3.37. The minimum absolute atomic E-state index is 0.115. The summed E-state index contributed by atoms with van der Waals surface area (Å²) in [7, 11) is 0. The summed E-state index contributed by atoms with van der Waals surface area (Å²) in [6.07, 6.45) is 2.40. The number of piperazine rings is 1. The highest BCUT2D eigenvalue weighted by molar-refractivity contribution is 7.80. The Morgan fingerprint density at radius 1 is 1.25 bits per heavy atom. The fraction of sp³-hybridized carbons (Fsp3) is 0.857. The molecule has 0 aromatic heterocycles. The molecule has 0 spiro atoms. The maximum absolute atomic E-state index is 12.9. The molecule has 0 bridgehead atoms. The molecule has 0 saturated carbocycles. The van der Waals surface area contributed by atoms with Gasteiger partial charge in [-0.25, -0.2) is 0 Å². The summed E-state index contributed by atoms with van der Waals surface area (Å²) in [5, 5.41) is 0. The summed E-state index contributed by atoms with van der Waals surface area (Å²) in [6, 6.07) is 0. The molecule has 114 valence electrons. The molecule has 0 radical (unpaired) electrons. The third-order valence-corrected chi connectivity index (χ3v) is 4.82. The molecule has 2 N–H and O–H groups in total. The van der Waals surface area contributed by atoms with Crippen LogP contribution in [0.25, 0.3) is 0 Å². The van der Waals surface area contributed by atoms with E-state index in [0.29, 0.717) is 31.0 Å². The van der Waals surface area contributed by atoms with Crippen LogP contribution in [0.5, 0.6) is 0 Å². The zero-order chi connectivity index (χ0) is 14.6. The van der Waals surface area contributed by atoms with Gasteiger partial charge in [0.1, 0.15) is 5.41 Å². The van der Waals surface area contributed by atoms with E-state index >= 15 is 0 Å². The lowest BCUT2D eigenvalue weighted by Gasteiger charge is -2.42. The van der Waals surface area contributed by atoms with E-state index in [9.17, 15) is 4.79 Å². The molecule has 6 heteroatoms. The minimum atomic E-state index is -0.666. The van der Waals surface area contributed by atoms with Crippen LogP contribution in [0.2, 0.25) is 0 Å². The van der Waals surface area contributed by atoms with Crippen molar-refractivity contribution in [3.63, 3.8) is 0 Å². The van der Waals surface area contributed by atoms with Crippen LogP contribution in [0.15, 0.2) is 0 Å². The molecule has 2 aliphatic rings. The number of hydrogen-bond acceptors (Lipinski definition) is 4. The predicted molar refractivity (Wildman–Crippen MR) is 82.6 cm³/mol. The number of carbonyl (C=O) groups excluding carboxylic acids is 1. The van der Waals surface area contributed by atoms with E-state index < -0.39 is 5.41 Å². The van der Waals surface area contributed by atoms with Crippen molar-refractivity contribution < 1.29 is 9.53 Å².